The van der Waals surface area contributed by atoms with E-state index in [1.54, 1.807) is 24.3 Å². The number of Topliss-reactive ketones (excluding diaryl/α,β-unsaturated/α-hetero) is 1. The minimum atomic E-state index is -0.416. The van der Waals surface area contributed by atoms with Gasteiger partial charge in [-0.25, -0.2) is 9.29 Å². The van der Waals surface area contributed by atoms with Crippen molar-refractivity contribution in [3.63, 3.8) is 0 Å². The summed E-state index contributed by atoms with van der Waals surface area (Å²) in [5.41, 5.74) is 0.784. The monoisotopic (exact) mass is 393 g/mol. The lowest BCUT2D eigenvalue weighted by atomic mass is 9.78. The van der Waals surface area contributed by atoms with Crippen LogP contribution in [0.3, 0.4) is 0 Å². The van der Waals surface area contributed by atoms with Gasteiger partial charge in [-0.3, -0.25) is 14.4 Å². The van der Waals surface area contributed by atoms with E-state index in [9.17, 15) is 18.8 Å². The molecule has 1 aliphatic carbocycles. The summed E-state index contributed by atoms with van der Waals surface area (Å²) in [6, 6.07) is 11.8. The molecule has 5 nitrogen and oxygen atoms in total. The Bertz CT molecular complexity index is 998. The Hall–Kier alpha value is -3.28. The van der Waals surface area contributed by atoms with E-state index >= 15 is 0 Å². The van der Waals surface area contributed by atoms with Crippen molar-refractivity contribution in [3.05, 3.63) is 72.1 Å². The van der Waals surface area contributed by atoms with Gasteiger partial charge >= 0.3 is 0 Å². The zero-order valence-corrected chi connectivity index (χ0v) is 15.9. The van der Waals surface area contributed by atoms with Crippen LogP contribution < -0.4 is 9.64 Å². The number of hydrogen-bond acceptors (Lipinski definition) is 4. The van der Waals surface area contributed by atoms with E-state index in [0.29, 0.717) is 23.4 Å². The van der Waals surface area contributed by atoms with Gasteiger partial charge in [-0.15, -0.1) is 0 Å². The molecule has 1 saturated heterocycles. The molecule has 4 rings (SSSR count). The van der Waals surface area contributed by atoms with E-state index in [1.807, 2.05) is 19.1 Å². The smallest absolute Gasteiger partial charge is 0.238 e. The Morgan fingerprint density at radius 2 is 1.90 bits per heavy atom. The predicted octanol–water partition coefficient (Wildman–Crippen LogP) is 3.79. The summed E-state index contributed by atoms with van der Waals surface area (Å²) < 4.78 is 18.5. The molecule has 2 aliphatic rings. The number of ketones is 1. The van der Waals surface area contributed by atoms with Gasteiger partial charge in [0.1, 0.15) is 11.6 Å². The third-order valence-corrected chi connectivity index (χ3v) is 5.48. The van der Waals surface area contributed by atoms with Crippen molar-refractivity contribution in [3.8, 4) is 5.75 Å². The number of imide groups is 1. The molecule has 2 aromatic carbocycles. The molecule has 0 radical (unpaired) electrons. The summed E-state index contributed by atoms with van der Waals surface area (Å²) in [7, 11) is 0. The maximum Gasteiger partial charge on any atom is 0.238 e. The molecule has 1 aliphatic heterocycles. The van der Waals surface area contributed by atoms with Gasteiger partial charge in [0.15, 0.2) is 12.4 Å². The number of amides is 2. The van der Waals surface area contributed by atoms with Gasteiger partial charge < -0.3 is 4.74 Å². The number of nitrogens with zero attached hydrogens (tertiary/aromatic N) is 1. The van der Waals surface area contributed by atoms with Gasteiger partial charge in [0.2, 0.25) is 11.8 Å². The first kappa shape index (κ1) is 19.1. The highest BCUT2D eigenvalue weighted by atomic mass is 19.1. The average Bonchev–Trinajstić information content (AvgIpc) is 2.98. The van der Waals surface area contributed by atoms with Crippen molar-refractivity contribution in [2.24, 2.45) is 17.8 Å². The standard InChI is InChI=1S/C23H20FNO4/c1-14-4-2-7-19-21(14)23(28)25(22(19)27)17-5-3-6-18(12-17)29-13-20(26)15-8-10-16(24)11-9-15/h2-6,8-12,14,19,21H,7,13H2,1H3/t14-,19-,21+/m0/s1. The lowest BCUT2D eigenvalue weighted by Crippen LogP contribution is -2.31. The zero-order valence-electron chi connectivity index (χ0n) is 15.9. The van der Waals surface area contributed by atoms with Crippen LogP contribution in [0, 0.1) is 23.6 Å². The molecule has 0 bridgehead atoms. The molecule has 0 unspecified atom stereocenters. The minimum absolute atomic E-state index is 0.0166. The first-order valence-corrected chi connectivity index (χ1v) is 9.52. The fraction of sp³-hybridized carbons (Fsp3) is 0.261. The van der Waals surface area contributed by atoms with E-state index in [4.69, 9.17) is 4.74 Å². The SMILES string of the molecule is C[C@H]1C=CC[C@@H]2C(=O)N(c3cccc(OCC(=O)c4ccc(F)cc4)c3)C(=O)[C@@H]21. The molecule has 2 aromatic rings. The lowest BCUT2D eigenvalue weighted by molar-refractivity contribution is -0.122. The number of ether oxygens (including phenoxy) is 1. The molecule has 148 valence electrons. The van der Waals surface area contributed by atoms with Crippen LogP contribution >= 0.6 is 0 Å². The Kier molecular flexibility index (Phi) is 5.01. The maximum absolute atomic E-state index is 13.0. The Morgan fingerprint density at radius 1 is 1.14 bits per heavy atom. The van der Waals surface area contributed by atoms with E-state index in [0.717, 1.165) is 0 Å². The molecule has 6 heteroatoms. The van der Waals surface area contributed by atoms with Gasteiger partial charge in [0.05, 0.1) is 17.5 Å². The van der Waals surface area contributed by atoms with Crippen molar-refractivity contribution in [2.45, 2.75) is 13.3 Å². The highest BCUT2D eigenvalue weighted by molar-refractivity contribution is 6.22. The molecule has 3 atom stereocenters. The van der Waals surface area contributed by atoms with Gasteiger partial charge in [-0.05, 0) is 48.7 Å². The number of anilines is 1. The summed E-state index contributed by atoms with van der Waals surface area (Å²) in [6.45, 7) is 1.71. The van der Waals surface area contributed by atoms with Gasteiger partial charge in [0.25, 0.3) is 0 Å². The van der Waals surface area contributed by atoms with Crippen molar-refractivity contribution in [1.29, 1.82) is 0 Å². The highest BCUT2D eigenvalue weighted by Gasteiger charge is 2.50. The Labute approximate surface area is 167 Å². The zero-order chi connectivity index (χ0) is 20.5. The van der Waals surface area contributed by atoms with Crippen molar-refractivity contribution in [2.75, 3.05) is 11.5 Å². The van der Waals surface area contributed by atoms with E-state index < -0.39 is 5.82 Å². The van der Waals surface area contributed by atoms with E-state index in [1.165, 1.54) is 29.2 Å². The molecule has 0 aromatic heterocycles. The molecular weight excluding hydrogens is 373 g/mol. The summed E-state index contributed by atoms with van der Waals surface area (Å²) in [5.74, 6) is -1.38. The number of hydrogen-bond donors (Lipinski definition) is 0. The number of halogens is 1. The van der Waals surface area contributed by atoms with Crippen molar-refractivity contribution < 1.29 is 23.5 Å². The van der Waals surface area contributed by atoms with Crippen molar-refractivity contribution in [1.82, 2.24) is 0 Å². The summed E-state index contributed by atoms with van der Waals surface area (Å²) in [6.07, 6.45) is 4.51. The largest absolute Gasteiger partial charge is 0.485 e. The number of benzene rings is 2. The second-order valence-corrected chi connectivity index (χ2v) is 7.38. The van der Waals surface area contributed by atoms with Gasteiger partial charge in [-0.2, -0.15) is 0 Å². The number of carbonyl (C=O) groups excluding carboxylic acids is 3. The second kappa shape index (κ2) is 7.62. The molecular formula is C23H20FNO4. The fourth-order valence-corrected chi connectivity index (χ4v) is 3.98. The van der Waals surface area contributed by atoms with Crippen molar-refractivity contribution >= 4 is 23.3 Å². The molecule has 29 heavy (non-hydrogen) atoms. The molecule has 1 fully saturated rings. The fourth-order valence-electron chi connectivity index (χ4n) is 3.98. The van der Waals surface area contributed by atoms with E-state index in [-0.39, 0.29) is 42.0 Å². The van der Waals surface area contributed by atoms with Crippen LogP contribution in [0.25, 0.3) is 0 Å². The van der Waals surface area contributed by atoms with Gasteiger partial charge in [0, 0.05) is 11.6 Å². The third kappa shape index (κ3) is 3.58. The maximum atomic E-state index is 13.0. The number of fused-ring (bicyclic) bond motifs is 1. The quantitative estimate of drug-likeness (QED) is 0.441. The predicted molar refractivity (Wildman–Crippen MR) is 105 cm³/mol. The molecule has 2 amide bonds. The Balaban J connectivity index is 1.49. The van der Waals surface area contributed by atoms with Crippen LogP contribution in [-0.2, 0) is 9.59 Å². The summed E-state index contributed by atoms with van der Waals surface area (Å²) in [4.78, 5) is 39.2. The second-order valence-electron chi connectivity index (χ2n) is 7.38. The Morgan fingerprint density at radius 3 is 2.62 bits per heavy atom. The van der Waals surface area contributed by atoms with E-state index in [2.05, 4.69) is 0 Å². The van der Waals surface area contributed by atoms with Crippen LogP contribution in [0.2, 0.25) is 0 Å². The van der Waals surface area contributed by atoms with Crippen LogP contribution in [-0.4, -0.2) is 24.2 Å². The molecule has 0 saturated carbocycles. The average molecular weight is 393 g/mol. The van der Waals surface area contributed by atoms with Crippen LogP contribution in [0.4, 0.5) is 10.1 Å². The summed E-state index contributed by atoms with van der Waals surface area (Å²) >= 11 is 0. The minimum Gasteiger partial charge on any atom is -0.485 e. The lowest BCUT2D eigenvalue weighted by Gasteiger charge is -2.22. The molecule has 0 N–H and O–H groups in total. The topological polar surface area (TPSA) is 63.7 Å². The number of rotatable bonds is 5. The molecule has 1 heterocycles. The number of allylic oxidation sites excluding steroid dienone is 2. The first-order valence-electron chi connectivity index (χ1n) is 9.52. The highest BCUT2D eigenvalue weighted by Crippen LogP contribution is 2.40. The van der Waals surface area contributed by atoms with Crippen LogP contribution in [0.5, 0.6) is 5.75 Å². The first-order chi connectivity index (χ1) is 14.0. The van der Waals surface area contributed by atoms with Crippen LogP contribution in [0.1, 0.15) is 23.7 Å². The summed E-state index contributed by atoms with van der Waals surface area (Å²) in [5, 5.41) is 0. The third-order valence-electron chi connectivity index (χ3n) is 5.48. The molecule has 0 spiro atoms. The van der Waals surface area contributed by atoms with Crippen LogP contribution in [0.15, 0.2) is 60.7 Å². The van der Waals surface area contributed by atoms with Gasteiger partial charge in [-0.1, -0.05) is 25.1 Å². The number of carbonyl (C=O) groups is 3. The normalized spacial score (nSPS) is 23.2.